The Balaban J connectivity index is 2.54. The molecule has 18 heavy (non-hydrogen) atoms. The predicted molar refractivity (Wildman–Crippen MR) is 68.0 cm³/mol. The average molecular weight is 287 g/mol. The molecule has 96 valence electrons. The fourth-order valence-corrected chi connectivity index (χ4v) is 2.75. The van der Waals surface area contributed by atoms with Gasteiger partial charge in [0.05, 0.1) is 17.6 Å². The van der Waals surface area contributed by atoms with E-state index in [0.29, 0.717) is 17.5 Å². The molecular weight excluding hydrogens is 276 g/mol. The second kappa shape index (κ2) is 5.17. The smallest absolute Gasteiger partial charge is 0.265 e. The van der Waals surface area contributed by atoms with E-state index in [0.717, 1.165) is 0 Å². The van der Waals surface area contributed by atoms with Crippen molar-refractivity contribution in [2.45, 2.75) is 18.4 Å². The van der Waals surface area contributed by atoms with E-state index in [4.69, 9.17) is 15.8 Å². The molecule has 1 heterocycles. The van der Waals surface area contributed by atoms with Gasteiger partial charge in [0.1, 0.15) is 0 Å². The lowest BCUT2D eigenvalue weighted by Crippen LogP contribution is -2.10. The van der Waals surface area contributed by atoms with Crippen molar-refractivity contribution in [1.82, 2.24) is 9.97 Å². The summed E-state index contributed by atoms with van der Waals surface area (Å²) < 4.78 is 28.5. The van der Waals surface area contributed by atoms with Crippen molar-refractivity contribution in [1.29, 1.82) is 0 Å². The van der Waals surface area contributed by atoms with Crippen LogP contribution in [0.1, 0.15) is 13.3 Å². The molecule has 2 aromatic rings. The van der Waals surface area contributed by atoms with Gasteiger partial charge < -0.3 is 0 Å². The van der Waals surface area contributed by atoms with Crippen molar-refractivity contribution < 1.29 is 12.6 Å². The summed E-state index contributed by atoms with van der Waals surface area (Å²) in [7, 11) is -3.95. The van der Waals surface area contributed by atoms with E-state index in [-0.39, 0.29) is 16.8 Å². The van der Waals surface area contributed by atoms with Crippen LogP contribution >= 0.6 is 11.6 Å². The van der Waals surface area contributed by atoms with E-state index in [2.05, 4.69) is 9.97 Å². The van der Waals surface area contributed by atoms with Gasteiger partial charge in [-0.15, -0.1) is 0 Å². The van der Waals surface area contributed by atoms with Crippen molar-refractivity contribution >= 4 is 32.8 Å². The van der Waals surface area contributed by atoms with Crippen LogP contribution in [0.15, 0.2) is 29.3 Å². The van der Waals surface area contributed by atoms with Crippen LogP contribution in [0.4, 0.5) is 0 Å². The van der Waals surface area contributed by atoms with Gasteiger partial charge in [-0.2, -0.15) is 8.42 Å². The molecule has 5 nitrogen and oxygen atoms in total. The number of rotatable bonds is 4. The Kier molecular flexibility index (Phi) is 3.79. The van der Waals surface area contributed by atoms with Crippen molar-refractivity contribution in [3.8, 4) is 0 Å². The van der Waals surface area contributed by atoms with Gasteiger partial charge in [0.25, 0.3) is 0 Å². The van der Waals surface area contributed by atoms with Crippen molar-refractivity contribution in [3.05, 3.63) is 29.4 Å². The number of para-hydroxylation sites is 2. The number of nitrogens with zero attached hydrogens (tertiary/aromatic N) is 2. The maximum atomic E-state index is 11.8. The Bertz CT molecular complexity index is 673. The molecule has 2 rings (SSSR count). The summed E-state index contributed by atoms with van der Waals surface area (Å²) in [6.07, 6.45) is 0.581. The molecule has 1 aromatic carbocycles. The highest BCUT2D eigenvalue weighted by Crippen LogP contribution is 2.22. The van der Waals surface area contributed by atoms with Gasteiger partial charge in [-0.05, 0) is 18.6 Å². The predicted octanol–water partition coefficient (Wildman–Crippen LogP) is 2.40. The van der Waals surface area contributed by atoms with Crippen LogP contribution in [0, 0.1) is 0 Å². The molecule has 0 spiro atoms. The largest absolute Gasteiger partial charge is 0.317 e. The van der Waals surface area contributed by atoms with E-state index < -0.39 is 10.1 Å². The maximum Gasteiger partial charge on any atom is 0.317 e. The lowest BCUT2D eigenvalue weighted by molar-refractivity contribution is 0.316. The van der Waals surface area contributed by atoms with Gasteiger partial charge in [-0.25, -0.2) is 9.97 Å². The summed E-state index contributed by atoms with van der Waals surface area (Å²) in [4.78, 5) is 7.99. The van der Waals surface area contributed by atoms with Crippen LogP contribution in [0.3, 0.4) is 0 Å². The van der Waals surface area contributed by atoms with E-state index in [1.165, 1.54) is 0 Å². The molecule has 0 bridgehead atoms. The van der Waals surface area contributed by atoms with Crippen LogP contribution in [0.2, 0.25) is 5.15 Å². The van der Waals surface area contributed by atoms with Gasteiger partial charge in [0, 0.05) is 0 Å². The lowest BCUT2D eigenvalue weighted by Gasteiger charge is -2.06. The van der Waals surface area contributed by atoms with Gasteiger partial charge in [0.15, 0.2) is 5.15 Å². The Morgan fingerprint density at radius 2 is 1.83 bits per heavy atom. The molecule has 7 heteroatoms. The third kappa shape index (κ3) is 2.60. The Hall–Kier alpha value is -1.24. The standard InChI is InChI=1S/C11H11ClN2O3S/c1-2-7-17-18(15,16)11-10(12)13-8-5-3-4-6-9(8)14-11/h3-6H,2,7H2,1H3. The number of hydrogen-bond donors (Lipinski definition) is 0. The monoisotopic (exact) mass is 286 g/mol. The first kappa shape index (κ1) is 13.2. The van der Waals surface area contributed by atoms with Crippen LogP contribution < -0.4 is 0 Å². The fraction of sp³-hybridized carbons (Fsp3) is 0.273. The topological polar surface area (TPSA) is 69.2 Å². The molecule has 0 amide bonds. The van der Waals surface area contributed by atoms with E-state index >= 15 is 0 Å². The maximum absolute atomic E-state index is 11.8. The molecular formula is C11H11ClN2O3S. The average Bonchev–Trinajstić information content (AvgIpc) is 2.35. The highest BCUT2D eigenvalue weighted by molar-refractivity contribution is 7.86. The molecule has 0 N–H and O–H groups in total. The summed E-state index contributed by atoms with van der Waals surface area (Å²) in [5.74, 6) is 0. The molecule has 1 aromatic heterocycles. The van der Waals surface area contributed by atoms with Gasteiger partial charge in [-0.1, -0.05) is 30.7 Å². The Labute approximate surface area is 110 Å². The van der Waals surface area contributed by atoms with E-state index in [9.17, 15) is 8.42 Å². The lowest BCUT2D eigenvalue weighted by atomic mass is 10.3. The van der Waals surface area contributed by atoms with Crippen LogP contribution in [-0.4, -0.2) is 25.0 Å². The molecule has 0 aliphatic heterocycles. The number of hydrogen-bond acceptors (Lipinski definition) is 5. The number of benzene rings is 1. The zero-order valence-corrected chi connectivity index (χ0v) is 11.2. The van der Waals surface area contributed by atoms with Gasteiger partial charge >= 0.3 is 10.1 Å². The second-order valence-corrected chi connectivity index (χ2v) is 5.47. The van der Waals surface area contributed by atoms with Crippen molar-refractivity contribution in [3.63, 3.8) is 0 Å². The summed E-state index contributed by atoms with van der Waals surface area (Å²) >= 11 is 5.83. The minimum absolute atomic E-state index is 0.0904. The zero-order valence-electron chi connectivity index (χ0n) is 9.63. The first-order valence-corrected chi connectivity index (χ1v) is 7.15. The number of fused-ring (bicyclic) bond motifs is 1. The van der Waals surface area contributed by atoms with Crippen molar-refractivity contribution in [2.75, 3.05) is 6.61 Å². The molecule has 0 radical (unpaired) electrons. The minimum atomic E-state index is -3.95. The summed E-state index contributed by atoms with van der Waals surface area (Å²) in [6, 6.07) is 6.89. The van der Waals surface area contributed by atoms with Gasteiger partial charge in [0.2, 0.25) is 5.03 Å². The van der Waals surface area contributed by atoms with Crippen LogP contribution in [0.25, 0.3) is 11.0 Å². The first-order chi connectivity index (χ1) is 8.54. The Morgan fingerprint density at radius 3 is 2.44 bits per heavy atom. The van der Waals surface area contributed by atoms with Crippen molar-refractivity contribution in [2.24, 2.45) is 0 Å². The molecule has 0 saturated carbocycles. The Morgan fingerprint density at radius 1 is 1.22 bits per heavy atom. The first-order valence-electron chi connectivity index (χ1n) is 5.36. The SMILES string of the molecule is CCCOS(=O)(=O)c1nc2ccccc2nc1Cl. The fourth-order valence-electron chi connectivity index (χ4n) is 1.37. The zero-order chi connectivity index (χ0) is 13.2. The molecule has 0 aliphatic carbocycles. The van der Waals surface area contributed by atoms with E-state index in [1.807, 2.05) is 6.92 Å². The number of halogens is 1. The second-order valence-electron chi connectivity index (χ2n) is 3.58. The molecule has 0 fully saturated rings. The normalized spacial score (nSPS) is 11.9. The summed E-state index contributed by atoms with van der Waals surface area (Å²) in [6.45, 7) is 1.90. The summed E-state index contributed by atoms with van der Waals surface area (Å²) in [5.41, 5.74) is 0.998. The third-order valence-corrected chi connectivity index (χ3v) is 3.79. The molecule has 0 atom stereocenters. The third-order valence-electron chi connectivity index (χ3n) is 2.18. The number of aromatic nitrogens is 2. The summed E-state index contributed by atoms with van der Waals surface area (Å²) in [5, 5.41) is -0.513. The van der Waals surface area contributed by atoms with E-state index in [1.54, 1.807) is 24.3 Å². The van der Waals surface area contributed by atoms with Crippen LogP contribution in [-0.2, 0) is 14.3 Å². The highest BCUT2D eigenvalue weighted by Gasteiger charge is 2.22. The van der Waals surface area contributed by atoms with Crippen LogP contribution in [0.5, 0.6) is 0 Å². The highest BCUT2D eigenvalue weighted by atomic mass is 35.5. The van der Waals surface area contributed by atoms with Gasteiger partial charge in [-0.3, -0.25) is 4.18 Å². The molecule has 0 saturated heterocycles. The quantitative estimate of drug-likeness (QED) is 0.807. The molecule has 0 aliphatic rings. The molecule has 0 unspecified atom stereocenters. The minimum Gasteiger partial charge on any atom is -0.265 e.